The fourth-order valence-corrected chi connectivity index (χ4v) is 2.00. The van der Waals surface area contributed by atoms with E-state index in [0.717, 1.165) is 5.56 Å². The Balaban J connectivity index is 2.23. The van der Waals surface area contributed by atoms with Crippen LogP contribution in [0.2, 0.25) is 0 Å². The van der Waals surface area contributed by atoms with Crippen LogP contribution in [0.25, 0.3) is 0 Å². The molecule has 2 rings (SSSR count). The van der Waals surface area contributed by atoms with Gasteiger partial charge in [0.1, 0.15) is 18.2 Å². The van der Waals surface area contributed by atoms with Gasteiger partial charge in [-0.1, -0.05) is 30.3 Å². The molecule has 0 aliphatic carbocycles. The van der Waals surface area contributed by atoms with Gasteiger partial charge in [0, 0.05) is 0 Å². The third-order valence-electron chi connectivity index (χ3n) is 2.59. The molecule has 0 unspecified atom stereocenters. The molecule has 0 saturated carbocycles. The van der Waals surface area contributed by atoms with Crippen molar-refractivity contribution in [2.75, 3.05) is 0 Å². The molecule has 0 fully saturated rings. The van der Waals surface area contributed by atoms with Crippen LogP contribution in [0, 0.1) is 5.82 Å². The summed E-state index contributed by atoms with van der Waals surface area (Å²) in [5, 5.41) is 18.4. The molecule has 0 aromatic heterocycles. The highest BCUT2D eigenvalue weighted by molar-refractivity contribution is 9.10. The molecule has 0 heterocycles. The van der Waals surface area contributed by atoms with Crippen LogP contribution in [0.15, 0.2) is 46.9 Å². The van der Waals surface area contributed by atoms with Crippen LogP contribution in [0.5, 0.6) is 5.75 Å². The lowest BCUT2D eigenvalue weighted by Crippen LogP contribution is -2.34. The minimum atomic E-state index is -1.93. The van der Waals surface area contributed by atoms with Gasteiger partial charge in [0.2, 0.25) is 0 Å². The van der Waals surface area contributed by atoms with Gasteiger partial charge in [0.15, 0.2) is 0 Å². The van der Waals surface area contributed by atoms with Crippen molar-refractivity contribution in [2.45, 2.75) is 6.61 Å². The average molecular weight is 325 g/mol. The molecular weight excluding hydrogens is 314 g/mol. The standard InChI is InChI=1S/C13H11BBrFO3/c15-10-6-7-11(12(13(10)16)14(17)18)19-8-9-4-2-1-3-5-9/h1-7,17-18H,8H2. The largest absolute Gasteiger partial charge is 0.495 e. The number of hydrogen-bond donors (Lipinski definition) is 2. The van der Waals surface area contributed by atoms with Crippen LogP contribution in [0.1, 0.15) is 5.56 Å². The van der Waals surface area contributed by atoms with E-state index in [2.05, 4.69) is 15.9 Å². The second kappa shape index (κ2) is 6.19. The lowest BCUT2D eigenvalue weighted by Gasteiger charge is -2.12. The maximum Gasteiger partial charge on any atom is 0.495 e. The highest BCUT2D eigenvalue weighted by Crippen LogP contribution is 2.20. The van der Waals surface area contributed by atoms with E-state index in [1.807, 2.05) is 30.3 Å². The van der Waals surface area contributed by atoms with Crippen LogP contribution in [-0.2, 0) is 6.61 Å². The van der Waals surface area contributed by atoms with Gasteiger partial charge in [-0.25, -0.2) is 4.39 Å². The molecule has 19 heavy (non-hydrogen) atoms. The Labute approximate surface area is 118 Å². The predicted molar refractivity (Wildman–Crippen MR) is 74.7 cm³/mol. The molecular formula is C13H11BBrFO3. The number of ether oxygens (including phenoxy) is 1. The Bertz CT molecular complexity index is 563. The number of hydrogen-bond acceptors (Lipinski definition) is 3. The van der Waals surface area contributed by atoms with Crippen LogP contribution in [-0.4, -0.2) is 17.2 Å². The van der Waals surface area contributed by atoms with Gasteiger partial charge in [-0.3, -0.25) is 0 Å². The Hall–Kier alpha value is -1.37. The van der Waals surface area contributed by atoms with E-state index in [0.29, 0.717) is 0 Å². The highest BCUT2D eigenvalue weighted by Gasteiger charge is 2.24. The summed E-state index contributed by atoms with van der Waals surface area (Å²) in [6, 6.07) is 12.3. The first kappa shape index (κ1) is 14.1. The van der Waals surface area contributed by atoms with Crippen molar-refractivity contribution in [3.63, 3.8) is 0 Å². The fourth-order valence-electron chi connectivity index (χ4n) is 1.65. The van der Waals surface area contributed by atoms with E-state index in [1.165, 1.54) is 12.1 Å². The van der Waals surface area contributed by atoms with Crippen molar-refractivity contribution >= 4 is 28.5 Å². The minimum Gasteiger partial charge on any atom is -0.489 e. The van der Waals surface area contributed by atoms with Gasteiger partial charge < -0.3 is 14.8 Å². The zero-order valence-corrected chi connectivity index (χ0v) is 11.5. The Morgan fingerprint density at radius 2 is 1.79 bits per heavy atom. The van der Waals surface area contributed by atoms with Crippen molar-refractivity contribution in [1.29, 1.82) is 0 Å². The molecule has 0 atom stereocenters. The molecule has 3 nitrogen and oxygen atoms in total. The quantitative estimate of drug-likeness (QED) is 0.844. The number of halogens is 2. The summed E-state index contributed by atoms with van der Waals surface area (Å²) in [6.45, 7) is 0.224. The molecule has 0 spiro atoms. The van der Waals surface area contributed by atoms with Gasteiger partial charge in [-0.2, -0.15) is 0 Å². The summed E-state index contributed by atoms with van der Waals surface area (Å²) in [7, 11) is -1.93. The van der Waals surface area contributed by atoms with E-state index < -0.39 is 12.9 Å². The van der Waals surface area contributed by atoms with Crippen LogP contribution >= 0.6 is 15.9 Å². The van der Waals surface area contributed by atoms with Crippen molar-refractivity contribution in [1.82, 2.24) is 0 Å². The zero-order chi connectivity index (χ0) is 13.8. The van der Waals surface area contributed by atoms with Crippen molar-refractivity contribution in [2.24, 2.45) is 0 Å². The minimum absolute atomic E-state index is 0.111. The Kier molecular flexibility index (Phi) is 4.58. The van der Waals surface area contributed by atoms with Crippen molar-refractivity contribution < 1.29 is 19.2 Å². The molecule has 0 aliphatic rings. The topological polar surface area (TPSA) is 49.7 Å². The van der Waals surface area contributed by atoms with Gasteiger partial charge in [0.25, 0.3) is 0 Å². The zero-order valence-electron chi connectivity index (χ0n) is 9.88. The van der Waals surface area contributed by atoms with Gasteiger partial charge in [0.05, 0.1) is 9.94 Å². The van der Waals surface area contributed by atoms with E-state index in [4.69, 9.17) is 4.74 Å². The first-order chi connectivity index (χ1) is 9.09. The molecule has 6 heteroatoms. The first-order valence-electron chi connectivity index (χ1n) is 5.60. The lowest BCUT2D eigenvalue weighted by molar-refractivity contribution is 0.305. The molecule has 0 amide bonds. The summed E-state index contributed by atoms with van der Waals surface area (Å²) in [6.07, 6.45) is 0. The van der Waals surface area contributed by atoms with E-state index >= 15 is 0 Å². The van der Waals surface area contributed by atoms with Crippen molar-refractivity contribution in [3.8, 4) is 5.75 Å². The van der Waals surface area contributed by atoms with E-state index in [1.54, 1.807) is 0 Å². The second-order valence-corrected chi connectivity index (χ2v) is 4.78. The van der Waals surface area contributed by atoms with Crippen molar-refractivity contribution in [3.05, 3.63) is 58.3 Å². The van der Waals surface area contributed by atoms with Crippen LogP contribution in [0.3, 0.4) is 0 Å². The number of benzene rings is 2. The maximum atomic E-state index is 13.8. The van der Waals surface area contributed by atoms with E-state index in [9.17, 15) is 14.4 Å². The summed E-state index contributed by atoms with van der Waals surface area (Å²) >= 11 is 2.99. The third-order valence-corrected chi connectivity index (χ3v) is 3.20. The average Bonchev–Trinajstić information content (AvgIpc) is 2.41. The SMILES string of the molecule is OB(O)c1c(OCc2ccccc2)ccc(Br)c1F. The predicted octanol–water partition coefficient (Wildman–Crippen LogP) is 1.85. The van der Waals surface area contributed by atoms with Gasteiger partial charge in [-0.15, -0.1) is 0 Å². The number of rotatable bonds is 4. The summed E-state index contributed by atoms with van der Waals surface area (Å²) in [5.74, 6) is -0.625. The van der Waals surface area contributed by atoms with Crippen LogP contribution < -0.4 is 10.2 Å². The molecule has 2 N–H and O–H groups in total. The first-order valence-corrected chi connectivity index (χ1v) is 6.39. The molecule has 2 aromatic rings. The molecule has 0 aliphatic heterocycles. The van der Waals surface area contributed by atoms with Gasteiger partial charge >= 0.3 is 7.12 Å². The molecule has 0 saturated heterocycles. The molecule has 98 valence electrons. The smallest absolute Gasteiger partial charge is 0.489 e. The maximum absolute atomic E-state index is 13.8. The van der Waals surface area contributed by atoms with Crippen LogP contribution in [0.4, 0.5) is 4.39 Å². The normalized spacial score (nSPS) is 10.3. The molecule has 0 radical (unpaired) electrons. The Morgan fingerprint density at radius 3 is 2.42 bits per heavy atom. The van der Waals surface area contributed by atoms with E-state index in [-0.39, 0.29) is 22.3 Å². The highest BCUT2D eigenvalue weighted by atomic mass is 79.9. The molecule has 0 bridgehead atoms. The Morgan fingerprint density at radius 1 is 1.11 bits per heavy atom. The second-order valence-electron chi connectivity index (χ2n) is 3.92. The monoisotopic (exact) mass is 324 g/mol. The van der Waals surface area contributed by atoms with Gasteiger partial charge in [-0.05, 0) is 33.6 Å². The summed E-state index contributed by atoms with van der Waals surface area (Å²) < 4.78 is 19.4. The molecule has 2 aromatic carbocycles. The lowest BCUT2D eigenvalue weighted by atomic mass is 9.79. The summed E-state index contributed by atoms with van der Waals surface area (Å²) in [4.78, 5) is 0. The third kappa shape index (κ3) is 3.35. The fraction of sp³-hybridized carbons (Fsp3) is 0.0769. The summed E-state index contributed by atoms with van der Waals surface area (Å²) in [5.41, 5.74) is 0.634.